The van der Waals surface area contributed by atoms with Gasteiger partial charge in [-0.3, -0.25) is 0 Å². The van der Waals surface area contributed by atoms with Crippen LogP contribution in [0.25, 0.3) is 0 Å². The summed E-state index contributed by atoms with van der Waals surface area (Å²) in [4.78, 5) is 1.32. The zero-order chi connectivity index (χ0) is 10.5. The minimum atomic E-state index is 0.274. The fourth-order valence-electron chi connectivity index (χ4n) is 1.49. The quantitative estimate of drug-likeness (QED) is 0.830. The van der Waals surface area contributed by atoms with Crippen LogP contribution in [-0.2, 0) is 11.2 Å². The van der Waals surface area contributed by atoms with Gasteiger partial charge < -0.3 is 9.84 Å². The monoisotopic (exact) mass is 224 g/mol. The molecule has 0 saturated carbocycles. The van der Waals surface area contributed by atoms with Crippen molar-refractivity contribution in [1.82, 2.24) is 0 Å². The van der Waals surface area contributed by atoms with Gasteiger partial charge in [-0.2, -0.15) is 0 Å². The number of ether oxygens (including phenoxy) is 1. The molecule has 1 heterocycles. The van der Waals surface area contributed by atoms with Crippen molar-refractivity contribution >= 4 is 11.8 Å². The fourth-order valence-corrected chi connectivity index (χ4v) is 2.50. The molecule has 82 valence electrons. The number of aliphatic hydroxyl groups excluding tert-OH is 1. The number of thioether (sulfide) groups is 1. The third-order valence-corrected chi connectivity index (χ3v) is 3.61. The molecule has 1 aliphatic heterocycles. The van der Waals surface area contributed by atoms with Crippen molar-refractivity contribution in [3.05, 3.63) is 29.8 Å². The summed E-state index contributed by atoms with van der Waals surface area (Å²) >= 11 is 1.89. The Balaban J connectivity index is 1.85. The summed E-state index contributed by atoms with van der Waals surface area (Å²) in [5.74, 6) is 0. The average Bonchev–Trinajstić information content (AvgIpc) is 2.22. The summed E-state index contributed by atoms with van der Waals surface area (Å²) < 4.78 is 5.14. The second kappa shape index (κ2) is 5.54. The lowest BCUT2D eigenvalue weighted by Crippen LogP contribution is -2.29. The summed E-state index contributed by atoms with van der Waals surface area (Å²) in [7, 11) is 0. The lowest BCUT2D eigenvalue weighted by atomic mass is 10.1. The summed E-state index contributed by atoms with van der Waals surface area (Å²) in [5.41, 5.74) is 1.30. The molecule has 1 saturated heterocycles. The maximum atomic E-state index is 8.72. The third kappa shape index (κ3) is 3.23. The zero-order valence-corrected chi connectivity index (χ0v) is 9.50. The highest BCUT2D eigenvalue weighted by molar-refractivity contribution is 8.00. The van der Waals surface area contributed by atoms with Crippen molar-refractivity contribution in [2.75, 3.05) is 19.8 Å². The van der Waals surface area contributed by atoms with Gasteiger partial charge >= 0.3 is 0 Å². The lowest BCUT2D eigenvalue weighted by molar-refractivity contribution is 0.0455. The van der Waals surface area contributed by atoms with Crippen molar-refractivity contribution in [1.29, 1.82) is 0 Å². The normalized spacial score (nSPS) is 16.3. The molecular weight excluding hydrogens is 208 g/mol. The Morgan fingerprint density at radius 2 is 2.00 bits per heavy atom. The predicted molar refractivity (Wildman–Crippen MR) is 62.3 cm³/mol. The van der Waals surface area contributed by atoms with Crippen molar-refractivity contribution in [2.24, 2.45) is 0 Å². The molecule has 0 radical (unpaired) electrons. The summed E-state index contributed by atoms with van der Waals surface area (Å²) in [6.07, 6.45) is 1.82. The Morgan fingerprint density at radius 1 is 1.27 bits per heavy atom. The van der Waals surface area contributed by atoms with Gasteiger partial charge in [0.2, 0.25) is 0 Å². The van der Waals surface area contributed by atoms with Gasteiger partial charge in [-0.25, -0.2) is 0 Å². The molecule has 1 N–H and O–H groups in total. The van der Waals surface area contributed by atoms with Gasteiger partial charge in [0.1, 0.15) is 0 Å². The van der Waals surface area contributed by atoms with Gasteiger partial charge in [-0.05, 0) is 30.5 Å². The first-order valence-corrected chi connectivity index (χ1v) is 6.20. The van der Waals surface area contributed by atoms with Gasteiger partial charge in [-0.1, -0.05) is 12.1 Å². The highest BCUT2D eigenvalue weighted by atomic mass is 32.2. The minimum absolute atomic E-state index is 0.274. The molecule has 15 heavy (non-hydrogen) atoms. The molecule has 2 rings (SSSR count). The summed E-state index contributed by atoms with van der Waals surface area (Å²) in [5, 5.41) is 9.37. The van der Waals surface area contributed by atoms with E-state index in [0.29, 0.717) is 5.25 Å². The van der Waals surface area contributed by atoms with Crippen LogP contribution >= 0.6 is 11.8 Å². The summed E-state index contributed by atoms with van der Waals surface area (Å²) in [6, 6.07) is 8.63. The topological polar surface area (TPSA) is 29.5 Å². The van der Waals surface area contributed by atoms with Crippen LogP contribution in [0.15, 0.2) is 29.2 Å². The van der Waals surface area contributed by atoms with Crippen LogP contribution in [0.1, 0.15) is 12.0 Å². The number of rotatable bonds is 5. The van der Waals surface area contributed by atoms with E-state index in [4.69, 9.17) is 9.84 Å². The van der Waals surface area contributed by atoms with Crippen LogP contribution in [0.3, 0.4) is 0 Å². The maximum Gasteiger partial charge on any atom is 0.0611 e. The van der Waals surface area contributed by atoms with Crippen LogP contribution in [0.5, 0.6) is 0 Å². The Hall–Kier alpha value is -0.510. The van der Waals surface area contributed by atoms with Gasteiger partial charge in [0, 0.05) is 11.5 Å². The smallest absolute Gasteiger partial charge is 0.0611 e. The van der Waals surface area contributed by atoms with E-state index in [1.807, 2.05) is 11.8 Å². The largest absolute Gasteiger partial charge is 0.396 e. The average molecular weight is 224 g/mol. The molecule has 1 aliphatic rings. The fraction of sp³-hybridized carbons (Fsp3) is 0.500. The molecule has 1 aromatic rings. The number of aliphatic hydroxyl groups is 1. The first-order valence-electron chi connectivity index (χ1n) is 5.32. The molecule has 0 unspecified atom stereocenters. The Labute approximate surface area is 94.6 Å². The van der Waals surface area contributed by atoms with Crippen LogP contribution in [0.2, 0.25) is 0 Å². The molecule has 0 aromatic heterocycles. The van der Waals surface area contributed by atoms with Crippen LogP contribution in [0, 0.1) is 0 Å². The molecular formula is C12H16O2S. The maximum absolute atomic E-state index is 8.72. The second-order valence-electron chi connectivity index (χ2n) is 3.75. The van der Waals surface area contributed by atoms with E-state index < -0.39 is 0 Å². The first kappa shape index (κ1) is 11.0. The molecule has 0 atom stereocenters. The SMILES string of the molecule is OCCCc1ccc(SC2COC2)cc1. The van der Waals surface area contributed by atoms with E-state index in [2.05, 4.69) is 24.3 Å². The third-order valence-electron chi connectivity index (χ3n) is 2.46. The molecule has 0 aliphatic carbocycles. The van der Waals surface area contributed by atoms with E-state index in [1.54, 1.807) is 0 Å². The molecule has 3 heteroatoms. The number of benzene rings is 1. The van der Waals surface area contributed by atoms with Crippen LogP contribution < -0.4 is 0 Å². The molecule has 1 aromatic carbocycles. The first-order chi connectivity index (χ1) is 7.38. The van der Waals surface area contributed by atoms with E-state index in [1.165, 1.54) is 10.5 Å². The van der Waals surface area contributed by atoms with Crippen molar-refractivity contribution in [3.63, 3.8) is 0 Å². The Bertz CT molecular complexity index is 293. The van der Waals surface area contributed by atoms with Crippen LogP contribution in [0.4, 0.5) is 0 Å². The second-order valence-corrected chi connectivity index (χ2v) is 5.12. The molecule has 1 fully saturated rings. The lowest BCUT2D eigenvalue weighted by Gasteiger charge is -2.25. The highest BCUT2D eigenvalue weighted by Crippen LogP contribution is 2.28. The van der Waals surface area contributed by atoms with Crippen molar-refractivity contribution < 1.29 is 9.84 Å². The van der Waals surface area contributed by atoms with Crippen LogP contribution in [-0.4, -0.2) is 30.2 Å². The molecule has 2 nitrogen and oxygen atoms in total. The van der Waals surface area contributed by atoms with Gasteiger partial charge in [0.25, 0.3) is 0 Å². The number of aryl methyl sites for hydroxylation is 1. The van der Waals surface area contributed by atoms with E-state index in [9.17, 15) is 0 Å². The van der Waals surface area contributed by atoms with Crippen molar-refractivity contribution in [2.45, 2.75) is 23.0 Å². The van der Waals surface area contributed by atoms with Gasteiger partial charge in [0.15, 0.2) is 0 Å². The molecule has 0 bridgehead atoms. The minimum Gasteiger partial charge on any atom is -0.396 e. The molecule has 0 amide bonds. The number of hydrogen-bond donors (Lipinski definition) is 1. The van der Waals surface area contributed by atoms with Gasteiger partial charge in [0.05, 0.1) is 18.5 Å². The van der Waals surface area contributed by atoms with Gasteiger partial charge in [-0.15, -0.1) is 11.8 Å². The molecule has 0 spiro atoms. The van der Waals surface area contributed by atoms with E-state index >= 15 is 0 Å². The zero-order valence-electron chi connectivity index (χ0n) is 8.69. The predicted octanol–water partition coefficient (Wildman–Crippen LogP) is 2.10. The van der Waals surface area contributed by atoms with E-state index in [0.717, 1.165) is 26.1 Å². The Morgan fingerprint density at radius 3 is 2.53 bits per heavy atom. The van der Waals surface area contributed by atoms with E-state index in [-0.39, 0.29) is 6.61 Å². The number of hydrogen-bond acceptors (Lipinski definition) is 3. The summed E-state index contributed by atoms with van der Waals surface area (Å²) in [6.45, 7) is 2.05. The standard InChI is InChI=1S/C12H16O2S/c13-7-1-2-10-3-5-11(6-4-10)15-12-8-14-9-12/h3-6,12-13H,1-2,7-9H2. The van der Waals surface area contributed by atoms with Crippen molar-refractivity contribution in [3.8, 4) is 0 Å². The highest BCUT2D eigenvalue weighted by Gasteiger charge is 2.19. The Kier molecular flexibility index (Phi) is 4.06.